The molecule has 7 N–H and O–H groups in total. The number of rotatable bonds is 3. The summed E-state index contributed by atoms with van der Waals surface area (Å²) in [6.07, 6.45) is 7.62. The number of hydrogen-bond acceptors (Lipinski definition) is 5. The van der Waals surface area contributed by atoms with E-state index in [4.69, 9.17) is 21.7 Å². The fourth-order valence-electron chi connectivity index (χ4n) is 4.56. The van der Waals surface area contributed by atoms with Gasteiger partial charge in [-0.15, -0.1) is 0 Å². The van der Waals surface area contributed by atoms with Crippen molar-refractivity contribution in [3.8, 4) is 0 Å². The van der Waals surface area contributed by atoms with Gasteiger partial charge in [-0.1, -0.05) is 33.3 Å². The van der Waals surface area contributed by atoms with Crippen molar-refractivity contribution in [2.45, 2.75) is 71.8 Å². The van der Waals surface area contributed by atoms with Crippen LogP contribution in [0.3, 0.4) is 0 Å². The van der Waals surface area contributed by atoms with Gasteiger partial charge in [0, 0.05) is 19.0 Å². The molecule has 1 amide bonds. The number of aromatic carboxylic acids is 2. The quantitative estimate of drug-likeness (QED) is 0.474. The molecule has 8 nitrogen and oxygen atoms in total. The lowest BCUT2D eigenvalue weighted by Gasteiger charge is -2.45. The van der Waals surface area contributed by atoms with Gasteiger partial charge in [-0.05, 0) is 67.7 Å². The minimum Gasteiger partial charge on any atom is -0.478 e. The number of carbonyl (C=O) groups is 3. The van der Waals surface area contributed by atoms with Crippen LogP contribution in [0.5, 0.6) is 0 Å². The molecular weight excluding hydrogens is 410 g/mol. The average molecular weight is 450 g/mol. The number of carboxylic acids is 2. The predicted molar refractivity (Wildman–Crippen MR) is 125 cm³/mol. The smallest absolute Gasteiger partial charge is 0.335 e. The SMILES string of the molecule is CC1(C)CC(N)CC(C)(CN)C1.O=C(O)c1cccc(C(=O)O)c1.O=C1CCCCCN1. The van der Waals surface area contributed by atoms with Crippen molar-refractivity contribution >= 4 is 17.8 Å². The van der Waals surface area contributed by atoms with Crippen molar-refractivity contribution in [1.29, 1.82) is 0 Å². The molecule has 1 aromatic carbocycles. The van der Waals surface area contributed by atoms with E-state index in [1.807, 2.05) is 0 Å². The van der Waals surface area contributed by atoms with Crippen LogP contribution in [0.1, 0.15) is 86.4 Å². The molecule has 0 aromatic heterocycles. The molecular formula is C24H39N3O5. The fourth-order valence-corrected chi connectivity index (χ4v) is 4.56. The highest BCUT2D eigenvalue weighted by atomic mass is 16.4. The number of carbonyl (C=O) groups excluding carboxylic acids is 1. The Kier molecular flexibility index (Phi) is 10.8. The Hall–Kier alpha value is -2.45. The van der Waals surface area contributed by atoms with Crippen LogP contribution in [0.2, 0.25) is 0 Å². The largest absolute Gasteiger partial charge is 0.478 e. The van der Waals surface area contributed by atoms with E-state index >= 15 is 0 Å². The first kappa shape index (κ1) is 27.6. The zero-order chi connectivity index (χ0) is 24.4. The molecule has 3 rings (SSSR count). The highest BCUT2D eigenvalue weighted by Crippen LogP contribution is 2.44. The Balaban J connectivity index is 0.000000245. The molecule has 2 aliphatic rings. The Labute approximate surface area is 190 Å². The van der Waals surface area contributed by atoms with Gasteiger partial charge in [0.05, 0.1) is 11.1 Å². The molecule has 1 aliphatic heterocycles. The van der Waals surface area contributed by atoms with Gasteiger partial charge < -0.3 is 27.0 Å². The Bertz CT molecular complexity index is 741. The number of nitrogens with two attached hydrogens (primary N) is 2. The van der Waals surface area contributed by atoms with Crippen molar-refractivity contribution in [1.82, 2.24) is 5.32 Å². The topological polar surface area (TPSA) is 156 Å². The van der Waals surface area contributed by atoms with Gasteiger partial charge in [0.15, 0.2) is 0 Å². The van der Waals surface area contributed by atoms with Gasteiger partial charge in [-0.3, -0.25) is 4.79 Å². The molecule has 2 atom stereocenters. The van der Waals surface area contributed by atoms with Gasteiger partial charge in [0.1, 0.15) is 0 Å². The molecule has 1 heterocycles. The van der Waals surface area contributed by atoms with E-state index in [0.29, 0.717) is 11.5 Å². The van der Waals surface area contributed by atoms with Gasteiger partial charge >= 0.3 is 11.9 Å². The second-order valence-electron chi connectivity index (χ2n) is 9.88. The first-order valence-corrected chi connectivity index (χ1v) is 11.2. The Morgan fingerprint density at radius 2 is 1.66 bits per heavy atom. The molecule has 0 radical (unpaired) electrons. The van der Waals surface area contributed by atoms with Crippen LogP contribution in [-0.4, -0.2) is 47.2 Å². The molecule has 8 heteroatoms. The summed E-state index contributed by atoms with van der Waals surface area (Å²) in [6, 6.07) is 5.54. The van der Waals surface area contributed by atoms with E-state index in [1.165, 1.54) is 31.0 Å². The van der Waals surface area contributed by atoms with E-state index in [0.717, 1.165) is 51.3 Å². The van der Waals surface area contributed by atoms with Crippen LogP contribution in [-0.2, 0) is 4.79 Å². The Morgan fingerprint density at radius 3 is 2.16 bits per heavy atom. The molecule has 0 spiro atoms. The summed E-state index contributed by atoms with van der Waals surface area (Å²) in [7, 11) is 0. The zero-order valence-electron chi connectivity index (χ0n) is 19.5. The zero-order valence-corrected chi connectivity index (χ0v) is 19.5. The molecule has 1 aliphatic carbocycles. The van der Waals surface area contributed by atoms with E-state index in [2.05, 4.69) is 26.1 Å². The lowest BCUT2D eigenvalue weighted by Crippen LogP contribution is -2.45. The van der Waals surface area contributed by atoms with E-state index < -0.39 is 11.9 Å². The Morgan fingerprint density at radius 1 is 1.06 bits per heavy atom. The number of amides is 1. The molecule has 0 bridgehead atoms. The minimum absolute atomic E-state index is 0.0186. The molecule has 32 heavy (non-hydrogen) atoms. The predicted octanol–water partition coefficient (Wildman–Crippen LogP) is 3.25. The third kappa shape index (κ3) is 10.2. The van der Waals surface area contributed by atoms with Gasteiger partial charge in [-0.2, -0.15) is 0 Å². The summed E-state index contributed by atoms with van der Waals surface area (Å²) in [6.45, 7) is 8.50. The van der Waals surface area contributed by atoms with Crippen LogP contribution in [0.4, 0.5) is 0 Å². The van der Waals surface area contributed by atoms with Crippen LogP contribution in [0.15, 0.2) is 24.3 Å². The fraction of sp³-hybridized carbons (Fsp3) is 0.625. The molecule has 1 saturated carbocycles. The van der Waals surface area contributed by atoms with Crippen molar-refractivity contribution in [2.75, 3.05) is 13.1 Å². The number of hydrogen-bond donors (Lipinski definition) is 5. The van der Waals surface area contributed by atoms with E-state index in [9.17, 15) is 14.4 Å². The highest BCUT2D eigenvalue weighted by molar-refractivity contribution is 5.93. The molecule has 1 saturated heterocycles. The number of carboxylic acid groups (broad SMARTS) is 2. The summed E-state index contributed by atoms with van der Waals surface area (Å²) in [5, 5.41) is 19.8. The number of benzene rings is 1. The number of nitrogens with one attached hydrogen (secondary N) is 1. The summed E-state index contributed by atoms with van der Waals surface area (Å²) in [4.78, 5) is 31.3. The monoisotopic (exact) mass is 449 g/mol. The third-order valence-electron chi connectivity index (χ3n) is 5.73. The normalized spacial score (nSPS) is 24.4. The second-order valence-corrected chi connectivity index (χ2v) is 9.88. The van der Waals surface area contributed by atoms with Crippen LogP contribution in [0, 0.1) is 10.8 Å². The highest BCUT2D eigenvalue weighted by Gasteiger charge is 2.38. The van der Waals surface area contributed by atoms with Gasteiger partial charge in [0.25, 0.3) is 0 Å². The van der Waals surface area contributed by atoms with Crippen molar-refractivity contribution < 1.29 is 24.6 Å². The maximum atomic E-state index is 10.6. The van der Waals surface area contributed by atoms with Crippen molar-refractivity contribution in [3.05, 3.63) is 35.4 Å². The standard InChI is InChI=1S/C10H22N2.C8H6O4.C6H11NO/c1-9(2)4-8(12)5-10(3,6-9)7-11;9-7(10)5-2-1-3-6(4-5)8(11)12;8-6-4-2-1-3-5-7-6/h8H,4-7,11-12H2,1-3H3;1-4H,(H,9,10)(H,11,12);1-5H2,(H,7,8). The maximum absolute atomic E-state index is 10.6. The van der Waals surface area contributed by atoms with Crippen LogP contribution >= 0.6 is 0 Å². The minimum atomic E-state index is -1.13. The summed E-state index contributed by atoms with van der Waals surface area (Å²) >= 11 is 0. The van der Waals surface area contributed by atoms with E-state index in [-0.39, 0.29) is 22.4 Å². The average Bonchev–Trinajstić information content (AvgIpc) is 2.94. The summed E-state index contributed by atoms with van der Waals surface area (Å²) in [5.41, 5.74) is 12.4. The van der Waals surface area contributed by atoms with Crippen molar-refractivity contribution in [2.24, 2.45) is 22.3 Å². The summed E-state index contributed by atoms with van der Waals surface area (Å²) in [5.74, 6) is -2.03. The molecule has 1 aromatic rings. The molecule has 180 valence electrons. The lowest BCUT2D eigenvalue weighted by molar-refractivity contribution is -0.120. The first-order chi connectivity index (χ1) is 14.9. The van der Waals surface area contributed by atoms with E-state index in [1.54, 1.807) is 0 Å². The summed E-state index contributed by atoms with van der Waals surface area (Å²) < 4.78 is 0. The van der Waals surface area contributed by atoms with Gasteiger partial charge in [-0.25, -0.2) is 9.59 Å². The molecule has 2 fully saturated rings. The van der Waals surface area contributed by atoms with Crippen LogP contribution < -0.4 is 16.8 Å². The van der Waals surface area contributed by atoms with Crippen LogP contribution in [0.25, 0.3) is 0 Å². The lowest BCUT2D eigenvalue weighted by atomic mass is 9.63. The maximum Gasteiger partial charge on any atom is 0.335 e. The first-order valence-electron chi connectivity index (χ1n) is 11.2. The van der Waals surface area contributed by atoms with Crippen molar-refractivity contribution in [3.63, 3.8) is 0 Å². The third-order valence-corrected chi connectivity index (χ3v) is 5.73. The molecule has 2 unspecified atom stereocenters. The van der Waals surface area contributed by atoms with Gasteiger partial charge in [0.2, 0.25) is 5.91 Å². The second kappa shape index (κ2) is 12.6.